The maximum absolute atomic E-state index is 12.3. The summed E-state index contributed by atoms with van der Waals surface area (Å²) in [5, 5.41) is 0. The van der Waals surface area contributed by atoms with E-state index in [-0.39, 0.29) is 17.9 Å². The Balaban J connectivity index is 2.18. The first kappa shape index (κ1) is 12.1. The lowest BCUT2D eigenvalue weighted by atomic mass is 9.99. The maximum atomic E-state index is 12.3. The number of carbonyl (C=O) groups excluding carboxylic acids is 1. The van der Waals surface area contributed by atoms with Crippen LogP contribution in [0.2, 0.25) is 0 Å². The Hall–Kier alpha value is -1.35. The number of benzene rings is 1. The average Bonchev–Trinajstić information content (AvgIpc) is 2.79. The minimum Gasteiger partial charge on any atom is -0.320 e. The topological polar surface area (TPSA) is 46.3 Å². The zero-order valence-electron chi connectivity index (χ0n) is 10.5. The number of carbonyl (C=O) groups is 1. The molecule has 0 fully saturated rings. The second kappa shape index (κ2) is 4.88. The van der Waals surface area contributed by atoms with Gasteiger partial charge in [-0.3, -0.25) is 4.79 Å². The quantitative estimate of drug-likeness (QED) is 0.865. The Kier molecular flexibility index (Phi) is 3.48. The van der Waals surface area contributed by atoms with Crippen molar-refractivity contribution in [1.82, 2.24) is 0 Å². The average molecular weight is 232 g/mol. The molecule has 17 heavy (non-hydrogen) atoms. The van der Waals surface area contributed by atoms with Gasteiger partial charge in [0.2, 0.25) is 5.91 Å². The number of hydrogen-bond acceptors (Lipinski definition) is 2. The van der Waals surface area contributed by atoms with E-state index >= 15 is 0 Å². The van der Waals surface area contributed by atoms with E-state index in [1.807, 2.05) is 30.0 Å². The Labute approximate surface area is 103 Å². The largest absolute Gasteiger partial charge is 0.320 e. The van der Waals surface area contributed by atoms with Gasteiger partial charge in [0.15, 0.2) is 0 Å². The number of nitrogens with zero attached hydrogens (tertiary/aromatic N) is 1. The van der Waals surface area contributed by atoms with Gasteiger partial charge in [-0.2, -0.15) is 0 Å². The van der Waals surface area contributed by atoms with Gasteiger partial charge >= 0.3 is 0 Å². The van der Waals surface area contributed by atoms with Crippen LogP contribution in [0.4, 0.5) is 5.69 Å². The third kappa shape index (κ3) is 2.20. The molecule has 1 aliphatic rings. The number of hydrogen-bond donors (Lipinski definition) is 1. The number of anilines is 1. The van der Waals surface area contributed by atoms with Crippen LogP contribution in [-0.4, -0.2) is 18.5 Å². The van der Waals surface area contributed by atoms with Crippen LogP contribution in [0, 0.1) is 5.92 Å². The summed E-state index contributed by atoms with van der Waals surface area (Å²) in [6.45, 7) is 4.86. The molecule has 0 aromatic heterocycles. The fourth-order valence-corrected chi connectivity index (χ4v) is 2.24. The first-order valence-corrected chi connectivity index (χ1v) is 6.30. The van der Waals surface area contributed by atoms with E-state index in [0.717, 1.165) is 25.1 Å². The second-order valence-corrected chi connectivity index (χ2v) is 4.78. The lowest BCUT2D eigenvalue weighted by Crippen LogP contribution is -2.46. The molecule has 0 saturated heterocycles. The lowest BCUT2D eigenvalue weighted by Gasteiger charge is -2.24. The Morgan fingerprint density at radius 3 is 2.88 bits per heavy atom. The third-order valence-corrected chi connectivity index (χ3v) is 3.70. The van der Waals surface area contributed by atoms with Crippen LogP contribution in [0.15, 0.2) is 24.3 Å². The fourth-order valence-electron chi connectivity index (χ4n) is 2.24. The number of fused-ring (bicyclic) bond motifs is 1. The molecule has 3 heteroatoms. The van der Waals surface area contributed by atoms with Crippen molar-refractivity contribution in [3.05, 3.63) is 29.8 Å². The molecule has 2 N–H and O–H groups in total. The van der Waals surface area contributed by atoms with E-state index in [1.165, 1.54) is 5.56 Å². The highest BCUT2D eigenvalue weighted by Crippen LogP contribution is 2.28. The fraction of sp³-hybridized carbons (Fsp3) is 0.500. The molecule has 1 aromatic carbocycles. The van der Waals surface area contributed by atoms with E-state index in [9.17, 15) is 4.79 Å². The van der Waals surface area contributed by atoms with Crippen LogP contribution < -0.4 is 10.6 Å². The first-order valence-electron chi connectivity index (χ1n) is 6.30. The van der Waals surface area contributed by atoms with Gasteiger partial charge in [-0.15, -0.1) is 0 Å². The molecule has 2 atom stereocenters. The monoisotopic (exact) mass is 232 g/mol. The van der Waals surface area contributed by atoms with Gasteiger partial charge < -0.3 is 10.6 Å². The zero-order valence-corrected chi connectivity index (χ0v) is 10.5. The van der Waals surface area contributed by atoms with E-state index in [1.54, 1.807) is 0 Å². The van der Waals surface area contributed by atoms with Crippen molar-refractivity contribution in [2.45, 2.75) is 32.7 Å². The van der Waals surface area contributed by atoms with Crippen LogP contribution >= 0.6 is 0 Å². The van der Waals surface area contributed by atoms with E-state index in [0.29, 0.717) is 0 Å². The molecular formula is C14H20N2O. The summed E-state index contributed by atoms with van der Waals surface area (Å²) < 4.78 is 0. The highest BCUT2D eigenvalue weighted by atomic mass is 16.2. The van der Waals surface area contributed by atoms with Crippen molar-refractivity contribution in [3.63, 3.8) is 0 Å². The lowest BCUT2D eigenvalue weighted by molar-refractivity contribution is -0.120. The molecule has 0 bridgehead atoms. The Morgan fingerprint density at radius 1 is 1.47 bits per heavy atom. The number of nitrogens with two attached hydrogens (primary N) is 1. The van der Waals surface area contributed by atoms with Crippen LogP contribution in [0.5, 0.6) is 0 Å². The molecule has 1 aliphatic heterocycles. The summed E-state index contributed by atoms with van der Waals surface area (Å²) in [5.41, 5.74) is 8.30. The van der Waals surface area contributed by atoms with Crippen molar-refractivity contribution >= 4 is 11.6 Å². The van der Waals surface area contributed by atoms with Gasteiger partial charge in [-0.05, 0) is 24.0 Å². The van der Waals surface area contributed by atoms with Crippen molar-refractivity contribution in [2.75, 3.05) is 11.4 Å². The summed E-state index contributed by atoms with van der Waals surface area (Å²) in [7, 11) is 0. The third-order valence-electron chi connectivity index (χ3n) is 3.70. The number of amides is 1. The predicted molar refractivity (Wildman–Crippen MR) is 69.9 cm³/mol. The van der Waals surface area contributed by atoms with E-state index < -0.39 is 0 Å². The SMILES string of the molecule is CC[C@H](C)[C@H](N)C(=O)N1CCc2ccccc21. The first-order chi connectivity index (χ1) is 8.15. The molecule has 92 valence electrons. The molecule has 0 radical (unpaired) electrons. The van der Waals surface area contributed by atoms with Crippen molar-refractivity contribution in [2.24, 2.45) is 11.7 Å². The molecule has 2 rings (SSSR count). The normalized spacial score (nSPS) is 17.7. The summed E-state index contributed by atoms with van der Waals surface area (Å²) in [5.74, 6) is 0.291. The van der Waals surface area contributed by atoms with Crippen molar-refractivity contribution in [1.29, 1.82) is 0 Å². The van der Waals surface area contributed by atoms with Gasteiger partial charge in [-0.25, -0.2) is 0 Å². The summed E-state index contributed by atoms with van der Waals surface area (Å²) in [6, 6.07) is 7.69. The summed E-state index contributed by atoms with van der Waals surface area (Å²) in [4.78, 5) is 14.1. The molecule has 0 aliphatic carbocycles. The van der Waals surface area contributed by atoms with Crippen molar-refractivity contribution < 1.29 is 4.79 Å². The van der Waals surface area contributed by atoms with Crippen LogP contribution in [0.1, 0.15) is 25.8 Å². The predicted octanol–water partition coefficient (Wildman–Crippen LogP) is 1.95. The zero-order chi connectivity index (χ0) is 12.4. The molecule has 0 saturated carbocycles. The smallest absolute Gasteiger partial charge is 0.244 e. The molecular weight excluding hydrogens is 212 g/mol. The van der Waals surface area contributed by atoms with E-state index in [2.05, 4.69) is 13.0 Å². The Morgan fingerprint density at radius 2 is 2.18 bits per heavy atom. The minimum atomic E-state index is -0.383. The molecule has 1 amide bonds. The van der Waals surface area contributed by atoms with Crippen LogP contribution in [-0.2, 0) is 11.2 Å². The highest BCUT2D eigenvalue weighted by molar-refractivity contribution is 5.99. The number of para-hydroxylation sites is 1. The van der Waals surface area contributed by atoms with Crippen molar-refractivity contribution in [3.8, 4) is 0 Å². The molecule has 0 spiro atoms. The highest BCUT2D eigenvalue weighted by Gasteiger charge is 2.29. The minimum absolute atomic E-state index is 0.0595. The second-order valence-electron chi connectivity index (χ2n) is 4.78. The van der Waals surface area contributed by atoms with E-state index in [4.69, 9.17) is 5.73 Å². The molecule has 3 nitrogen and oxygen atoms in total. The van der Waals surface area contributed by atoms with Gasteiger partial charge in [0.1, 0.15) is 0 Å². The molecule has 1 heterocycles. The summed E-state index contributed by atoms with van der Waals surface area (Å²) >= 11 is 0. The number of rotatable bonds is 3. The maximum Gasteiger partial charge on any atom is 0.244 e. The van der Waals surface area contributed by atoms with Crippen LogP contribution in [0.3, 0.4) is 0 Å². The Bertz CT molecular complexity index is 416. The summed E-state index contributed by atoms with van der Waals surface area (Å²) in [6.07, 6.45) is 1.87. The van der Waals surface area contributed by atoms with Gasteiger partial charge in [0.05, 0.1) is 6.04 Å². The van der Waals surface area contributed by atoms with Gasteiger partial charge in [0, 0.05) is 12.2 Å². The van der Waals surface area contributed by atoms with Gasteiger partial charge in [-0.1, -0.05) is 38.5 Å². The standard InChI is InChI=1S/C14H20N2O/c1-3-10(2)13(15)14(17)16-9-8-11-6-4-5-7-12(11)16/h4-7,10,13H,3,8-9,15H2,1-2H3/t10-,13-/m0/s1. The van der Waals surface area contributed by atoms with Crippen LogP contribution in [0.25, 0.3) is 0 Å². The molecule has 0 unspecified atom stereocenters. The molecule has 1 aromatic rings. The van der Waals surface area contributed by atoms with Gasteiger partial charge in [0.25, 0.3) is 0 Å².